The lowest BCUT2D eigenvalue weighted by atomic mass is 10.1. The van der Waals surface area contributed by atoms with Crippen LogP contribution in [-0.4, -0.2) is 31.1 Å². The molecule has 124 valence electrons. The Morgan fingerprint density at radius 2 is 1.91 bits per heavy atom. The minimum Gasteiger partial charge on any atom is -0.301 e. The van der Waals surface area contributed by atoms with Crippen LogP contribution in [0.25, 0.3) is 0 Å². The van der Waals surface area contributed by atoms with E-state index in [1.165, 1.54) is 18.1 Å². The number of nitrogens with one attached hydrogen (secondary N) is 2. The van der Waals surface area contributed by atoms with Crippen molar-refractivity contribution in [1.82, 2.24) is 14.9 Å². The third-order valence-corrected chi connectivity index (χ3v) is 5.64. The van der Waals surface area contributed by atoms with Crippen LogP contribution < -0.4 is 10.0 Å². The van der Waals surface area contributed by atoms with E-state index in [0.717, 1.165) is 17.8 Å². The highest BCUT2D eigenvalue weighted by Crippen LogP contribution is 2.19. The number of benzene rings is 1. The summed E-state index contributed by atoms with van der Waals surface area (Å²) in [6.45, 7) is 3.65. The van der Waals surface area contributed by atoms with Crippen molar-refractivity contribution >= 4 is 32.4 Å². The number of carbonyl (C=O) groups excluding carboxylic acids is 1. The Morgan fingerprint density at radius 3 is 2.57 bits per heavy atom. The fourth-order valence-corrected chi connectivity index (χ4v) is 3.90. The molecule has 1 aromatic heterocycles. The molecule has 1 amide bonds. The number of carbonyl (C=O) groups is 1. The van der Waals surface area contributed by atoms with Gasteiger partial charge in [-0.05, 0) is 25.3 Å². The van der Waals surface area contributed by atoms with Gasteiger partial charge in [-0.3, -0.25) is 4.79 Å². The minimum atomic E-state index is -3.69. The fourth-order valence-electron chi connectivity index (χ4n) is 1.83. The van der Waals surface area contributed by atoms with Gasteiger partial charge in [0.25, 0.3) is 10.0 Å². The van der Waals surface area contributed by atoms with E-state index in [1.807, 2.05) is 31.2 Å². The topological polar surface area (TPSA) is 101 Å². The summed E-state index contributed by atoms with van der Waals surface area (Å²) in [6.07, 6.45) is 1.47. The SMILES string of the molecule is CC(=O)Nc1nnc(S(=O)(=O)NCCCc2ccc(C)cc2)s1. The number of hydrogen-bond acceptors (Lipinski definition) is 6. The Bertz CT molecular complexity index is 770. The van der Waals surface area contributed by atoms with Crippen LogP contribution >= 0.6 is 11.3 Å². The zero-order valence-electron chi connectivity index (χ0n) is 12.9. The van der Waals surface area contributed by atoms with Gasteiger partial charge in [0.15, 0.2) is 0 Å². The normalized spacial score (nSPS) is 11.4. The molecule has 0 aliphatic carbocycles. The first kappa shape index (κ1) is 17.5. The number of aromatic nitrogens is 2. The predicted molar refractivity (Wildman–Crippen MR) is 88.9 cm³/mol. The second-order valence-corrected chi connectivity index (χ2v) is 7.96. The van der Waals surface area contributed by atoms with Crippen LogP contribution in [-0.2, 0) is 21.2 Å². The Kier molecular flexibility index (Phi) is 5.80. The first-order chi connectivity index (χ1) is 10.9. The third kappa shape index (κ3) is 5.38. The zero-order valence-corrected chi connectivity index (χ0v) is 14.5. The molecule has 0 aliphatic rings. The van der Waals surface area contributed by atoms with Crippen molar-refractivity contribution in [3.63, 3.8) is 0 Å². The third-order valence-electron chi connectivity index (χ3n) is 2.97. The highest BCUT2D eigenvalue weighted by atomic mass is 32.2. The number of anilines is 1. The fraction of sp³-hybridized carbons (Fsp3) is 0.357. The standard InChI is InChI=1S/C14H18N4O3S2/c1-10-5-7-12(8-6-10)4-3-9-15-23(20,21)14-18-17-13(22-14)16-11(2)19/h5-8,15H,3-4,9H2,1-2H3,(H,16,17,19). The van der Waals surface area contributed by atoms with E-state index in [9.17, 15) is 13.2 Å². The molecule has 1 heterocycles. The molecule has 2 N–H and O–H groups in total. The summed E-state index contributed by atoms with van der Waals surface area (Å²) in [6, 6.07) is 8.14. The van der Waals surface area contributed by atoms with Gasteiger partial charge >= 0.3 is 0 Å². The van der Waals surface area contributed by atoms with Crippen LogP contribution in [0, 0.1) is 6.92 Å². The number of hydrogen-bond donors (Lipinski definition) is 2. The van der Waals surface area contributed by atoms with Crippen molar-refractivity contribution in [1.29, 1.82) is 0 Å². The van der Waals surface area contributed by atoms with E-state index in [0.29, 0.717) is 13.0 Å². The van der Waals surface area contributed by atoms with Crippen molar-refractivity contribution in [2.45, 2.75) is 31.0 Å². The Balaban J connectivity index is 1.85. The molecule has 0 spiro atoms. The van der Waals surface area contributed by atoms with Crippen molar-refractivity contribution in [2.24, 2.45) is 0 Å². The molecule has 7 nitrogen and oxygen atoms in total. The quantitative estimate of drug-likeness (QED) is 0.582. The van der Waals surface area contributed by atoms with Gasteiger partial charge in [0.2, 0.25) is 15.4 Å². The smallest absolute Gasteiger partial charge is 0.269 e. The van der Waals surface area contributed by atoms with Crippen LogP contribution in [0.15, 0.2) is 28.6 Å². The maximum absolute atomic E-state index is 12.1. The largest absolute Gasteiger partial charge is 0.301 e. The minimum absolute atomic E-state index is 0.156. The zero-order chi connectivity index (χ0) is 16.9. The van der Waals surface area contributed by atoms with Gasteiger partial charge in [-0.15, -0.1) is 10.2 Å². The van der Waals surface area contributed by atoms with Gasteiger partial charge in [0.1, 0.15) is 0 Å². The maximum atomic E-state index is 12.1. The van der Waals surface area contributed by atoms with Crippen molar-refractivity contribution < 1.29 is 13.2 Å². The van der Waals surface area contributed by atoms with Gasteiger partial charge in [0, 0.05) is 13.5 Å². The first-order valence-corrected chi connectivity index (χ1v) is 9.33. The Hall–Kier alpha value is -1.84. The van der Waals surface area contributed by atoms with Crippen LogP contribution in [0.3, 0.4) is 0 Å². The molecule has 0 aliphatic heterocycles. The molecule has 0 radical (unpaired) electrons. The van der Waals surface area contributed by atoms with Crippen LogP contribution in [0.5, 0.6) is 0 Å². The summed E-state index contributed by atoms with van der Waals surface area (Å²) >= 11 is 0.820. The molecule has 2 aromatic rings. The Labute approximate surface area is 139 Å². The number of rotatable bonds is 7. The molecular formula is C14H18N4O3S2. The summed E-state index contributed by atoms with van der Waals surface area (Å²) < 4.78 is 26.5. The molecule has 2 rings (SSSR count). The number of amides is 1. The number of sulfonamides is 1. The second-order valence-electron chi connectivity index (χ2n) is 5.04. The summed E-state index contributed by atoms with van der Waals surface area (Å²) in [5.41, 5.74) is 2.36. The number of nitrogens with zero attached hydrogens (tertiary/aromatic N) is 2. The Morgan fingerprint density at radius 1 is 1.22 bits per heavy atom. The van der Waals surface area contributed by atoms with Gasteiger partial charge in [-0.25, -0.2) is 13.1 Å². The van der Waals surface area contributed by atoms with Crippen LogP contribution in [0.1, 0.15) is 24.5 Å². The summed E-state index contributed by atoms with van der Waals surface area (Å²) in [7, 11) is -3.69. The van der Waals surface area contributed by atoms with Crippen molar-refractivity contribution in [3.8, 4) is 0 Å². The van der Waals surface area contributed by atoms with E-state index in [4.69, 9.17) is 0 Å². The number of aryl methyl sites for hydroxylation is 2. The maximum Gasteiger partial charge on any atom is 0.269 e. The lowest BCUT2D eigenvalue weighted by Gasteiger charge is -2.04. The lowest BCUT2D eigenvalue weighted by molar-refractivity contribution is -0.114. The van der Waals surface area contributed by atoms with E-state index in [2.05, 4.69) is 20.2 Å². The molecular weight excluding hydrogens is 336 g/mol. The lowest BCUT2D eigenvalue weighted by Crippen LogP contribution is -2.25. The summed E-state index contributed by atoms with van der Waals surface area (Å²) in [5.74, 6) is -0.323. The predicted octanol–water partition coefficient (Wildman–Crippen LogP) is 1.72. The van der Waals surface area contributed by atoms with E-state index >= 15 is 0 Å². The van der Waals surface area contributed by atoms with Gasteiger partial charge < -0.3 is 5.32 Å². The summed E-state index contributed by atoms with van der Waals surface area (Å²) in [5, 5.41) is 9.78. The van der Waals surface area contributed by atoms with E-state index < -0.39 is 10.0 Å². The van der Waals surface area contributed by atoms with Gasteiger partial charge in [-0.2, -0.15) is 0 Å². The monoisotopic (exact) mass is 354 g/mol. The van der Waals surface area contributed by atoms with Crippen molar-refractivity contribution in [2.75, 3.05) is 11.9 Å². The molecule has 0 saturated heterocycles. The first-order valence-electron chi connectivity index (χ1n) is 7.03. The highest BCUT2D eigenvalue weighted by Gasteiger charge is 2.19. The summed E-state index contributed by atoms with van der Waals surface area (Å²) in [4.78, 5) is 10.9. The molecule has 23 heavy (non-hydrogen) atoms. The average Bonchev–Trinajstić information content (AvgIpc) is 2.94. The molecule has 0 saturated carbocycles. The van der Waals surface area contributed by atoms with Crippen LogP contribution in [0.2, 0.25) is 0 Å². The van der Waals surface area contributed by atoms with Crippen molar-refractivity contribution in [3.05, 3.63) is 35.4 Å². The van der Waals surface area contributed by atoms with Crippen LogP contribution in [0.4, 0.5) is 5.13 Å². The van der Waals surface area contributed by atoms with Gasteiger partial charge in [-0.1, -0.05) is 41.2 Å². The molecule has 0 unspecified atom stereocenters. The average molecular weight is 354 g/mol. The van der Waals surface area contributed by atoms with E-state index in [-0.39, 0.29) is 15.4 Å². The molecule has 9 heteroatoms. The van der Waals surface area contributed by atoms with E-state index in [1.54, 1.807) is 0 Å². The molecule has 0 fully saturated rings. The highest BCUT2D eigenvalue weighted by molar-refractivity contribution is 7.91. The second kappa shape index (κ2) is 7.62. The molecule has 1 aromatic carbocycles. The molecule has 0 bridgehead atoms. The van der Waals surface area contributed by atoms with Gasteiger partial charge in [0.05, 0.1) is 0 Å². The molecule has 0 atom stereocenters.